The van der Waals surface area contributed by atoms with Gasteiger partial charge in [0.05, 0.1) is 22.4 Å². The molecule has 13 aromatic rings. The van der Waals surface area contributed by atoms with Gasteiger partial charge in [0.2, 0.25) is 0 Å². The summed E-state index contributed by atoms with van der Waals surface area (Å²) in [5.74, 6) is 0. The third kappa shape index (κ3) is 7.88. The molecule has 2 aliphatic heterocycles. The first-order chi connectivity index (χ1) is 39.8. The molecule has 0 saturated heterocycles. The predicted molar refractivity (Wildman–Crippen MR) is 345 cm³/mol. The second-order valence-electron chi connectivity index (χ2n) is 22.9. The van der Waals surface area contributed by atoms with E-state index in [9.17, 15) is 0 Å². The van der Waals surface area contributed by atoms with Gasteiger partial charge in [-0.2, -0.15) is 0 Å². The fourth-order valence-electron chi connectivity index (χ4n) is 13.3. The van der Waals surface area contributed by atoms with E-state index in [2.05, 4.69) is 321 Å². The van der Waals surface area contributed by atoms with Crippen molar-refractivity contribution in [3.63, 3.8) is 0 Å². The van der Waals surface area contributed by atoms with E-state index in [0.717, 1.165) is 45.0 Å². The Morgan fingerprint density at radius 1 is 0.321 bits per heavy atom. The van der Waals surface area contributed by atoms with E-state index in [1.165, 1.54) is 99.8 Å². The van der Waals surface area contributed by atoms with Crippen molar-refractivity contribution in [1.82, 2.24) is 4.57 Å². The summed E-state index contributed by atoms with van der Waals surface area (Å²) >= 11 is 0. The van der Waals surface area contributed by atoms with Gasteiger partial charge in [0.25, 0.3) is 6.71 Å². The number of aryl methyl sites for hydroxylation is 1. The standard InChI is InChI=1S/C77H58BN3/c1-51-46-70-67(50-65(51)56-34-18-9-19-35-56)78-66-45-44-58(79-68-42-22-20-36-63(68)64-37-21-23-43-69(64)79)49-71(66)81(76-61(54-30-14-7-15-31-54)40-25-41-62(76)55-32-16-8-17-33-55)73-48-57(77(2,3)4)47-72(74(73)78)80(70)75-59(52-26-10-5-11-27-52)38-24-39-60(75)53-28-12-6-13-29-53/h5-50H,1-4H3. The van der Waals surface area contributed by atoms with Crippen molar-refractivity contribution in [2.24, 2.45) is 0 Å². The number of rotatable bonds is 8. The first-order valence-corrected chi connectivity index (χ1v) is 28.4. The van der Waals surface area contributed by atoms with Gasteiger partial charge in [0.1, 0.15) is 0 Å². The maximum Gasteiger partial charge on any atom is 0.252 e. The van der Waals surface area contributed by atoms with Gasteiger partial charge >= 0.3 is 0 Å². The molecule has 2 aliphatic rings. The van der Waals surface area contributed by atoms with Gasteiger partial charge in [-0.3, -0.25) is 0 Å². The van der Waals surface area contributed by atoms with Gasteiger partial charge in [-0.05, 0) is 116 Å². The average Bonchev–Trinajstić information content (AvgIpc) is 2.09. The van der Waals surface area contributed by atoms with Crippen LogP contribution in [0.25, 0.3) is 83.1 Å². The topological polar surface area (TPSA) is 11.4 Å². The molecular formula is C77H58BN3. The monoisotopic (exact) mass is 1040 g/mol. The quantitative estimate of drug-likeness (QED) is 0.141. The Morgan fingerprint density at radius 2 is 0.704 bits per heavy atom. The Labute approximate surface area is 475 Å². The predicted octanol–water partition coefficient (Wildman–Crippen LogP) is 18.8. The van der Waals surface area contributed by atoms with Crippen LogP contribution in [0.5, 0.6) is 0 Å². The summed E-state index contributed by atoms with van der Waals surface area (Å²) in [4.78, 5) is 5.35. The van der Waals surface area contributed by atoms with Crippen LogP contribution in [-0.4, -0.2) is 11.3 Å². The highest BCUT2D eigenvalue weighted by atomic mass is 15.2. The highest BCUT2D eigenvalue weighted by molar-refractivity contribution is 7.00. The molecule has 0 bridgehead atoms. The Kier molecular flexibility index (Phi) is 11.4. The van der Waals surface area contributed by atoms with Crippen LogP contribution in [0.1, 0.15) is 31.9 Å². The van der Waals surface area contributed by atoms with E-state index in [4.69, 9.17) is 0 Å². The highest BCUT2D eigenvalue weighted by Crippen LogP contribution is 2.54. The largest absolute Gasteiger partial charge is 0.310 e. The van der Waals surface area contributed by atoms with E-state index >= 15 is 0 Å². The second-order valence-corrected chi connectivity index (χ2v) is 22.9. The van der Waals surface area contributed by atoms with Crippen molar-refractivity contribution in [1.29, 1.82) is 0 Å². The van der Waals surface area contributed by atoms with E-state index < -0.39 is 0 Å². The fraction of sp³-hybridized carbons (Fsp3) is 0.0649. The van der Waals surface area contributed by atoms with E-state index in [-0.39, 0.29) is 12.1 Å². The van der Waals surface area contributed by atoms with Crippen LogP contribution in [0, 0.1) is 6.92 Å². The van der Waals surface area contributed by atoms with Crippen LogP contribution >= 0.6 is 0 Å². The molecular weight excluding hydrogens is 978 g/mol. The lowest BCUT2D eigenvalue weighted by molar-refractivity contribution is 0.590. The SMILES string of the molecule is Cc1cc2c(cc1-c1ccccc1)B1c3ccc(-n4c5ccccc5c5ccccc54)cc3N(c3c(-c4ccccc4)cccc3-c3ccccc3)c3cc(C(C)(C)C)cc(c31)N2c1c(-c2ccccc2)cccc1-c1ccccc1. The van der Waals surface area contributed by atoms with Crippen molar-refractivity contribution in [3.8, 4) is 61.3 Å². The van der Waals surface area contributed by atoms with Crippen molar-refractivity contribution >= 4 is 79.0 Å². The maximum absolute atomic E-state index is 2.68. The van der Waals surface area contributed by atoms with Crippen molar-refractivity contribution in [3.05, 3.63) is 290 Å². The summed E-state index contributed by atoms with van der Waals surface area (Å²) in [5.41, 5.74) is 28.3. The first kappa shape index (κ1) is 48.2. The normalized spacial score (nSPS) is 12.6. The lowest BCUT2D eigenvalue weighted by atomic mass is 9.33. The summed E-state index contributed by atoms with van der Waals surface area (Å²) in [6, 6.07) is 104. The molecule has 3 nitrogen and oxygen atoms in total. The number of aromatic nitrogens is 1. The molecule has 3 heterocycles. The highest BCUT2D eigenvalue weighted by Gasteiger charge is 2.46. The third-order valence-electron chi connectivity index (χ3n) is 17.0. The van der Waals surface area contributed by atoms with Gasteiger partial charge in [-0.1, -0.05) is 257 Å². The minimum atomic E-state index is -0.251. The van der Waals surface area contributed by atoms with E-state index in [0.29, 0.717) is 0 Å². The van der Waals surface area contributed by atoms with Crippen LogP contribution in [0.15, 0.2) is 279 Å². The van der Waals surface area contributed by atoms with Crippen molar-refractivity contribution in [2.45, 2.75) is 33.1 Å². The Balaban J connectivity index is 1.13. The van der Waals surface area contributed by atoms with Gasteiger partial charge in [0.15, 0.2) is 0 Å². The molecule has 0 fully saturated rings. The van der Waals surface area contributed by atoms with E-state index in [1.54, 1.807) is 0 Å². The summed E-state index contributed by atoms with van der Waals surface area (Å²) in [6.07, 6.45) is 0. The molecule has 81 heavy (non-hydrogen) atoms. The summed E-state index contributed by atoms with van der Waals surface area (Å²) in [7, 11) is 0. The first-order valence-electron chi connectivity index (χ1n) is 28.4. The zero-order valence-corrected chi connectivity index (χ0v) is 46.0. The van der Waals surface area contributed by atoms with Gasteiger partial charge in [0, 0.05) is 61.5 Å². The summed E-state index contributed by atoms with van der Waals surface area (Å²) in [5, 5.41) is 2.48. The molecule has 15 rings (SSSR count). The zero-order valence-electron chi connectivity index (χ0n) is 46.0. The zero-order chi connectivity index (χ0) is 54.3. The number of hydrogen-bond acceptors (Lipinski definition) is 2. The maximum atomic E-state index is 2.68. The molecule has 12 aromatic carbocycles. The van der Waals surface area contributed by atoms with Crippen LogP contribution in [0.2, 0.25) is 0 Å². The number of hydrogen-bond donors (Lipinski definition) is 0. The van der Waals surface area contributed by atoms with Gasteiger partial charge in [-0.15, -0.1) is 0 Å². The molecule has 1 aromatic heterocycles. The Morgan fingerprint density at radius 3 is 1.12 bits per heavy atom. The van der Waals surface area contributed by atoms with Crippen LogP contribution < -0.4 is 26.2 Å². The smallest absolute Gasteiger partial charge is 0.252 e. The van der Waals surface area contributed by atoms with Crippen molar-refractivity contribution < 1.29 is 0 Å². The second kappa shape index (κ2) is 19.2. The molecule has 0 atom stereocenters. The molecule has 0 aliphatic carbocycles. The summed E-state index contributed by atoms with van der Waals surface area (Å²) < 4.78 is 2.48. The minimum absolute atomic E-state index is 0.162. The van der Waals surface area contributed by atoms with Crippen LogP contribution in [0.3, 0.4) is 0 Å². The van der Waals surface area contributed by atoms with Crippen LogP contribution in [-0.2, 0) is 5.41 Å². The molecule has 0 radical (unpaired) electrons. The van der Waals surface area contributed by atoms with Crippen molar-refractivity contribution in [2.75, 3.05) is 9.80 Å². The number of fused-ring (bicyclic) bond motifs is 7. The molecule has 0 amide bonds. The average molecular weight is 1040 g/mol. The third-order valence-corrected chi connectivity index (χ3v) is 17.0. The van der Waals surface area contributed by atoms with Gasteiger partial charge in [-0.25, -0.2) is 0 Å². The molecule has 0 spiro atoms. The summed E-state index contributed by atoms with van der Waals surface area (Å²) in [6.45, 7) is 9.26. The lowest BCUT2D eigenvalue weighted by Crippen LogP contribution is -2.61. The molecule has 4 heteroatoms. The number of benzene rings is 12. The molecule has 0 unspecified atom stereocenters. The van der Waals surface area contributed by atoms with Gasteiger partial charge < -0.3 is 14.4 Å². The van der Waals surface area contributed by atoms with E-state index in [1.807, 2.05) is 0 Å². The lowest BCUT2D eigenvalue weighted by Gasteiger charge is -2.46. The number of para-hydroxylation sites is 4. The number of nitrogens with zero attached hydrogens (tertiary/aromatic N) is 3. The Hall–Kier alpha value is -9.90. The molecule has 0 saturated carbocycles. The fourth-order valence-corrected chi connectivity index (χ4v) is 13.3. The van der Waals surface area contributed by atoms with Crippen LogP contribution in [0.4, 0.5) is 34.1 Å². The minimum Gasteiger partial charge on any atom is -0.310 e. The number of anilines is 6. The Bertz CT molecular complexity index is 4390. The molecule has 0 N–H and O–H groups in total. The molecule has 384 valence electrons.